The zero-order valence-electron chi connectivity index (χ0n) is 10.9. The van der Waals surface area contributed by atoms with E-state index in [1.165, 1.54) is 16.3 Å². The zero-order chi connectivity index (χ0) is 12.9. The second kappa shape index (κ2) is 3.48. The van der Waals surface area contributed by atoms with Crippen molar-refractivity contribution in [3.8, 4) is 0 Å². The molecule has 0 saturated heterocycles. The summed E-state index contributed by atoms with van der Waals surface area (Å²) in [5.74, 6) is 0.562. The minimum atomic E-state index is 0.163. The Hall–Kier alpha value is -2.03. The van der Waals surface area contributed by atoms with Gasteiger partial charge in [0.2, 0.25) is 0 Å². The Morgan fingerprint density at radius 2 is 1.83 bits per heavy atom. The molecule has 3 N–H and O–H groups in total. The number of nitrogens with two attached hydrogens (primary N) is 1. The molecular weight excluding hydrogens is 222 g/mol. The van der Waals surface area contributed by atoms with Gasteiger partial charge < -0.3 is 5.73 Å². The summed E-state index contributed by atoms with van der Waals surface area (Å²) in [5, 5.41) is 10.4. The molecule has 2 aromatic carbocycles. The third-order valence-corrected chi connectivity index (χ3v) is 3.42. The third-order valence-electron chi connectivity index (χ3n) is 3.42. The highest BCUT2D eigenvalue weighted by molar-refractivity contribution is 6.01. The number of nitrogens with one attached hydrogen (secondary N) is 1. The van der Waals surface area contributed by atoms with Crippen molar-refractivity contribution in [3.05, 3.63) is 35.9 Å². The van der Waals surface area contributed by atoms with Crippen LogP contribution in [0.3, 0.4) is 0 Å². The summed E-state index contributed by atoms with van der Waals surface area (Å²) in [6.45, 7) is 6.67. The summed E-state index contributed by atoms with van der Waals surface area (Å²) in [6.07, 6.45) is 0. The van der Waals surface area contributed by atoms with Crippen molar-refractivity contribution >= 4 is 27.5 Å². The average Bonchev–Trinajstić information content (AvgIpc) is 2.66. The number of fused-ring (bicyclic) bond motifs is 2. The van der Waals surface area contributed by atoms with Gasteiger partial charge in [0.05, 0.1) is 5.52 Å². The largest absolute Gasteiger partial charge is 0.382 e. The Bertz CT molecular complexity index is 732. The summed E-state index contributed by atoms with van der Waals surface area (Å²) in [4.78, 5) is 0. The highest BCUT2D eigenvalue weighted by Gasteiger charge is 2.14. The predicted molar refractivity (Wildman–Crippen MR) is 76.7 cm³/mol. The van der Waals surface area contributed by atoms with Gasteiger partial charge in [-0.25, -0.2) is 0 Å². The molecule has 0 bridgehead atoms. The van der Waals surface area contributed by atoms with Crippen LogP contribution in [-0.2, 0) is 5.41 Å². The van der Waals surface area contributed by atoms with Gasteiger partial charge in [0.15, 0.2) is 5.82 Å². The SMILES string of the molecule is CC(C)(C)c1ccc2cc3c(N)n[nH]c3cc2c1. The smallest absolute Gasteiger partial charge is 0.153 e. The minimum Gasteiger partial charge on any atom is -0.382 e. The van der Waals surface area contributed by atoms with Crippen LogP contribution in [-0.4, -0.2) is 10.2 Å². The molecule has 0 spiro atoms. The predicted octanol–water partition coefficient (Wildman–Crippen LogP) is 3.60. The first-order chi connectivity index (χ1) is 8.45. The number of aromatic amines is 1. The molecule has 0 radical (unpaired) electrons. The Labute approximate surface area is 106 Å². The van der Waals surface area contributed by atoms with E-state index in [1.54, 1.807) is 0 Å². The molecule has 3 nitrogen and oxygen atoms in total. The fourth-order valence-corrected chi connectivity index (χ4v) is 2.25. The van der Waals surface area contributed by atoms with Crippen LogP contribution in [0.15, 0.2) is 30.3 Å². The summed E-state index contributed by atoms with van der Waals surface area (Å²) in [6, 6.07) is 10.8. The van der Waals surface area contributed by atoms with E-state index < -0.39 is 0 Å². The Balaban J connectivity index is 2.31. The highest BCUT2D eigenvalue weighted by atomic mass is 15.1. The van der Waals surface area contributed by atoms with Crippen molar-refractivity contribution in [3.63, 3.8) is 0 Å². The van der Waals surface area contributed by atoms with Gasteiger partial charge in [-0.2, -0.15) is 5.10 Å². The average molecular weight is 239 g/mol. The van der Waals surface area contributed by atoms with E-state index in [0.29, 0.717) is 5.82 Å². The standard InChI is InChI=1S/C15H17N3/c1-15(2,3)11-5-4-9-7-12-13(8-10(9)6-11)17-18-14(12)16/h4-8H,1-3H3,(H3,16,17,18). The van der Waals surface area contributed by atoms with Crippen LogP contribution in [0, 0.1) is 0 Å². The number of hydrogen-bond donors (Lipinski definition) is 2. The molecule has 0 unspecified atom stereocenters. The van der Waals surface area contributed by atoms with E-state index in [-0.39, 0.29) is 5.41 Å². The van der Waals surface area contributed by atoms with Crippen molar-refractivity contribution in [2.24, 2.45) is 0 Å². The number of rotatable bonds is 0. The number of nitrogens with zero attached hydrogens (tertiary/aromatic N) is 1. The molecule has 0 amide bonds. The van der Waals surface area contributed by atoms with Crippen LogP contribution in [0.2, 0.25) is 0 Å². The molecule has 0 atom stereocenters. The normalized spacial score (nSPS) is 12.4. The number of nitrogen functional groups attached to an aromatic ring is 1. The van der Waals surface area contributed by atoms with Crippen LogP contribution < -0.4 is 5.73 Å². The Kier molecular flexibility index (Phi) is 2.14. The van der Waals surface area contributed by atoms with Gasteiger partial charge in [-0.05, 0) is 33.9 Å². The van der Waals surface area contributed by atoms with Gasteiger partial charge in [-0.15, -0.1) is 0 Å². The van der Waals surface area contributed by atoms with Gasteiger partial charge in [-0.3, -0.25) is 5.10 Å². The molecule has 3 aromatic rings. The second-order valence-corrected chi connectivity index (χ2v) is 5.82. The lowest BCUT2D eigenvalue weighted by Crippen LogP contribution is -2.10. The molecule has 92 valence electrons. The van der Waals surface area contributed by atoms with E-state index in [9.17, 15) is 0 Å². The maximum atomic E-state index is 5.82. The van der Waals surface area contributed by atoms with Crippen molar-refractivity contribution in [2.75, 3.05) is 5.73 Å². The van der Waals surface area contributed by atoms with Gasteiger partial charge in [0.25, 0.3) is 0 Å². The van der Waals surface area contributed by atoms with E-state index in [1.807, 2.05) is 0 Å². The molecule has 1 heterocycles. The van der Waals surface area contributed by atoms with Crippen molar-refractivity contribution in [1.29, 1.82) is 0 Å². The molecule has 0 aliphatic rings. The maximum Gasteiger partial charge on any atom is 0.153 e. The molecule has 1 aromatic heterocycles. The first-order valence-electron chi connectivity index (χ1n) is 6.13. The monoisotopic (exact) mass is 239 g/mol. The van der Waals surface area contributed by atoms with Crippen LogP contribution in [0.4, 0.5) is 5.82 Å². The van der Waals surface area contributed by atoms with Crippen molar-refractivity contribution in [2.45, 2.75) is 26.2 Å². The molecule has 0 saturated carbocycles. The van der Waals surface area contributed by atoms with Crippen LogP contribution in [0.5, 0.6) is 0 Å². The second-order valence-electron chi connectivity index (χ2n) is 5.82. The lowest BCUT2D eigenvalue weighted by molar-refractivity contribution is 0.591. The van der Waals surface area contributed by atoms with E-state index in [0.717, 1.165) is 10.9 Å². The molecule has 0 aliphatic heterocycles. The Morgan fingerprint density at radius 3 is 2.56 bits per heavy atom. The van der Waals surface area contributed by atoms with Crippen LogP contribution in [0.25, 0.3) is 21.7 Å². The number of hydrogen-bond acceptors (Lipinski definition) is 2. The van der Waals surface area contributed by atoms with Crippen LogP contribution >= 0.6 is 0 Å². The van der Waals surface area contributed by atoms with E-state index in [2.05, 4.69) is 61.3 Å². The van der Waals surface area contributed by atoms with Gasteiger partial charge in [0, 0.05) is 5.39 Å². The van der Waals surface area contributed by atoms with E-state index >= 15 is 0 Å². The van der Waals surface area contributed by atoms with Crippen LogP contribution in [0.1, 0.15) is 26.3 Å². The number of aromatic nitrogens is 2. The molecular formula is C15H17N3. The lowest BCUT2D eigenvalue weighted by Gasteiger charge is -2.19. The number of H-pyrrole nitrogens is 1. The fraction of sp³-hybridized carbons (Fsp3) is 0.267. The molecule has 18 heavy (non-hydrogen) atoms. The van der Waals surface area contributed by atoms with Gasteiger partial charge >= 0.3 is 0 Å². The quantitative estimate of drug-likeness (QED) is 0.629. The van der Waals surface area contributed by atoms with Gasteiger partial charge in [0.1, 0.15) is 0 Å². The summed E-state index contributed by atoms with van der Waals surface area (Å²) in [7, 11) is 0. The third kappa shape index (κ3) is 1.63. The summed E-state index contributed by atoms with van der Waals surface area (Å²) >= 11 is 0. The minimum absolute atomic E-state index is 0.163. The van der Waals surface area contributed by atoms with Crippen molar-refractivity contribution < 1.29 is 0 Å². The summed E-state index contributed by atoms with van der Waals surface area (Å²) < 4.78 is 0. The number of anilines is 1. The molecule has 0 fully saturated rings. The summed E-state index contributed by atoms with van der Waals surface area (Å²) in [5.41, 5.74) is 8.31. The molecule has 3 heteroatoms. The Morgan fingerprint density at radius 1 is 1.06 bits per heavy atom. The number of benzene rings is 2. The first kappa shape index (κ1) is 11.1. The zero-order valence-corrected chi connectivity index (χ0v) is 10.9. The maximum absolute atomic E-state index is 5.82. The fourth-order valence-electron chi connectivity index (χ4n) is 2.25. The lowest BCUT2D eigenvalue weighted by atomic mass is 9.86. The molecule has 0 aliphatic carbocycles. The van der Waals surface area contributed by atoms with E-state index in [4.69, 9.17) is 5.73 Å². The van der Waals surface area contributed by atoms with Gasteiger partial charge in [-0.1, -0.05) is 39.0 Å². The first-order valence-corrected chi connectivity index (χ1v) is 6.13. The molecule has 3 rings (SSSR count). The highest BCUT2D eigenvalue weighted by Crippen LogP contribution is 2.29. The van der Waals surface area contributed by atoms with Crippen molar-refractivity contribution in [1.82, 2.24) is 10.2 Å². The topological polar surface area (TPSA) is 54.7 Å².